The molecule has 1 aliphatic heterocycles. The summed E-state index contributed by atoms with van der Waals surface area (Å²) in [6.45, 7) is 4.34. The monoisotopic (exact) mass is 298 g/mol. The number of carbonyl (C=O) groups is 2. The van der Waals surface area contributed by atoms with Gasteiger partial charge in [0.1, 0.15) is 6.04 Å². The number of carbonyl (C=O) groups excluding carboxylic acids is 1. The van der Waals surface area contributed by atoms with E-state index in [0.29, 0.717) is 32.7 Å². The molecule has 1 atom stereocenters. The number of urea groups is 1. The maximum absolute atomic E-state index is 12.0. The van der Waals surface area contributed by atoms with Gasteiger partial charge in [-0.25, -0.2) is 9.78 Å². The van der Waals surface area contributed by atoms with Crippen molar-refractivity contribution in [2.75, 3.05) is 26.2 Å². The first-order chi connectivity index (χ1) is 9.58. The quantitative estimate of drug-likeness (QED) is 0.842. The first-order valence-electron chi connectivity index (χ1n) is 6.44. The van der Waals surface area contributed by atoms with Gasteiger partial charge in [-0.15, -0.1) is 11.3 Å². The predicted molar refractivity (Wildman–Crippen MR) is 74.6 cm³/mol. The summed E-state index contributed by atoms with van der Waals surface area (Å²) in [7, 11) is 0. The number of aromatic nitrogens is 1. The lowest BCUT2D eigenvalue weighted by Crippen LogP contribution is -2.55. The van der Waals surface area contributed by atoms with E-state index in [9.17, 15) is 9.59 Å². The molecular formula is C12H18N4O3S. The van der Waals surface area contributed by atoms with Crippen molar-refractivity contribution in [2.24, 2.45) is 0 Å². The van der Waals surface area contributed by atoms with Gasteiger partial charge in [0.25, 0.3) is 0 Å². The largest absolute Gasteiger partial charge is 0.480 e. The van der Waals surface area contributed by atoms with Gasteiger partial charge in [-0.05, 0) is 6.92 Å². The van der Waals surface area contributed by atoms with Gasteiger partial charge in [0.15, 0.2) is 0 Å². The van der Waals surface area contributed by atoms with Crippen LogP contribution in [0.4, 0.5) is 4.79 Å². The van der Waals surface area contributed by atoms with Gasteiger partial charge in [-0.2, -0.15) is 0 Å². The second kappa shape index (κ2) is 6.67. The fourth-order valence-corrected chi connectivity index (χ4v) is 2.63. The van der Waals surface area contributed by atoms with E-state index in [-0.39, 0.29) is 6.03 Å². The van der Waals surface area contributed by atoms with Crippen LogP contribution in [0.3, 0.4) is 0 Å². The average molecular weight is 298 g/mol. The fraction of sp³-hybridized carbons (Fsp3) is 0.583. The molecule has 0 spiro atoms. The molecular weight excluding hydrogens is 280 g/mol. The van der Waals surface area contributed by atoms with Crippen LogP contribution in [0.2, 0.25) is 0 Å². The van der Waals surface area contributed by atoms with E-state index in [4.69, 9.17) is 5.11 Å². The first kappa shape index (κ1) is 14.7. The molecule has 0 bridgehead atoms. The summed E-state index contributed by atoms with van der Waals surface area (Å²) in [5.74, 6) is -0.827. The molecule has 1 aliphatic rings. The van der Waals surface area contributed by atoms with Crippen molar-refractivity contribution in [3.63, 3.8) is 0 Å². The van der Waals surface area contributed by atoms with Crippen molar-refractivity contribution < 1.29 is 14.7 Å². The third-order valence-electron chi connectivity index (χ3n) is 3.41. The second-order valence-corrected chi connectivity index (χ2v) is 5.39. The average Bonchev–Trinajstić information content (AvgIpc) is 2.97. The summed E-state index contributed by atoms with van der Waals surface area (Å²) >= 11 is 1.49. The van der Waals surface area contributed by atoms with E-state index in [0.717, 1.165) is 5.69 Å². The predicted octanol–water partition coefficient (Wildman–Crippen LogP) is 0.443. The molecule has 0 radical (unpaired) electrons. The van der Waals surface area contributed by atoms with E-state index >= 15 is 0 Å². The molecule has 0 saturated carbocycles. The minimum absolute atomic E-state index is 0.124. The van der Waals surface area contributed by atoms with Gasteiger partial charge in [-0.1, -0.05) is 0 Å². The van der Waals surface area contributed by atoms with Crippen molar-refractivity contribution in [2.45, 2.75) is 19.5 Å². The van der Waals surface area contributed by atoms with E-state index in [2.05, 4.69) is 10.3 Å². The minimum atomic E-state index is -0.827. The number of thiazole rings is 1. The van der Waals surface area contributed by atoms with Crippen molar-refractivity contribution in [1.82, 2.24) is 20.1 Å². The molecule has 110 valence electrons. The van der Waals surface area contributed by atoms with Crippen LogP contribution in [0.25, 0.3) is 0 Å². The van der Waals surface area contributed by atoms with Crippen molar-refractivity contribution in [1.29, 1.82) is 0 Å². The number of hydrogen-bond donors (Lipinski definition) is 2. The van der Waals surface area contributed by atoms with Crippen LogP contribution in [0, 0.1) is 0 Å². The van der Waals surface area contributed by atoms with Crippen molar-refractivity contribution in [3.8, 4) is 0 Å². The van der Waals surface area contributed by atoms with Crippen molar-refractivity contribution in [3.05, 3.63) is 16.6 Å². The van der Waals surface area contributed by atoms with Gasteiger partial charge in [0, 0.05) is 31.6 Å². The lowest BCUT2D eigenvalue weighted by atomic mass is 10.2. The second-order valence-electron chi connectivity index (χ2n) is 4.68. The number of nitrogens with zero attached hydrogens (tertiary/aromatic N) is 3. The highest BCUT2D eigenvalue weighted by molar-refractivity contribution is 7.07. The summed E-state index contributed by atoms with van der Waals surface area (Å²) in [5, 5.41) is 13.7. The number of aliphatic carboxylic acids is 1. The Labute approximate surface area is 121 Å². The number of rotatable bonds is 4. The lowest BCUT2D eigenvalue weighted by Gasteiger charge is -2.36. The smallest absolute Gasteiger partial charge is 0.320 e. The zero-order valence-corrected chi connectivity index (χ0v) is 12.1. The number of carboxylic acid groups (broad SMARTS) is 1. The maximum Gasteiger partial charge on any atom is 0.320 e. The first-order valence-corrected chi connectivity index (χ1v) is 7.39. The Morgan fingerprint density at radius 2 is 2.15 bits per heavy atom. The Bertz CT molecular complexity index is 457. The Morgan fingerprint density at radius 1 is 1.45 bits per heavy atom. The third-order valence-corrected chi connectivity index (χ3v) is 4.05. The topological polar surface area (TPSA) is 85.8 Å². The lowest BCUT2D eigenvalue weighted by molar-refractivity contribution is -0.143. The molecule has 20 heavy (non-hydrogen) atoms. The van der Waals surface area contributed by atoms with E-state index in [1.807, 2.05) is 10.3 Å². The number of nitrogens with one attached hydrogen (secondary N) is 1. The van der Waals surface area contributed by atoms with Crippen LogP contribution < -0.4 is 5.32 Å². The van der Waals surface area contributed by atoms with Crippen LogP contribution in [-0.2, 0) is 11.3 Å². The molecule has 1 aromatic rings. The molecule has 1 aromatic heterocycles. The standard InChI is InChI=1S/C12H18N4O3S/c1-9(11(17)18)15-2-4-16(5-3-15)12(19)13-6-10-7-20-8-14-10/h7-9H,2-6H2,1H3,(H,13,19)(H,17,18). The Hall–Kier alpha value is -1.67. The number of piperazine rings is 1. The summed E-state index contributed by atoms with van der Waals surface area (Å²) < 4.78 is 0. The molecule has 7 nitrogen and oxygen atoms in total. The normalized spacial score (nSPS) is 17.8. The Kier molecular flexibility index (Phi) is 4.91. The van der Waals surface area contributed by atoms with Gasteiger partial charge in [-0.3, -0.25) is 9.69 Å². The van der Waals surface area contributed by atoms with Crippen molar-refractivity contribution >= 4 is 23.3 Å². The molecule has 2 rings (SSSR count). The molecule has 8 heteroatoms. The summed E-state index contributed by atoms with van der Waals surface area (Å²) in [5.41, 5.74) is 2.58. The van der Waals surface area contributed by atoms with E-state index < -0.39 is 12.0 Å². The fourth-order valence-electron chi connectivity index (χ4n) is 2.07. The minimum Gasteiger partial charge on any atom is -0.480 e. The molecule has 1 unspecified atom stereocenters. The van der Waals surface area contributed by atoms with E-state index in [1.165, 1.54) is 11.3 Å². The number of amides is 2. The van der Waals surface area contributed by atoms with Crippen LogP contribution in [-0.4, -0.2) is 64.1 Å². The van der Waals surface area contributed by atoms with Crippen LogP contribution in [0.5, 0.6) is 0 Å². The Balaban J connectivity index is 1.75. The summed E-state index contributed by atoms with van der Waals surface area (Å²) in [4.78, 5) is 30.5. The van der Waals surface area contributed by atoms with Gasteiger partial charge < -0.3 is 15.3 Å². The molecule has 1 fully saturated rings. The highest BCUT2D eigenvalue weighted by Crippen LogP contribution is 2.07. The maximum atomic E-state index is 12.0. The van der Waals surface area contributed by atoms with E-state index in [1.54, 1.807) is 17.3 Å². The molecule has 2 heterocycles. The van der Waals surface area contributed by atoms with Crippen LogP contribution in [0.1, 0.15) is 12.6 Å². The molecule has 2 amide bonds. The molecule has 0 aromatic carbocycles. The SMILES string of the molecule is CC(C(=O)O)N1CCN(C(=O)NCc2cscn2)CC1. The number of carboxylic acids is 1. The van der Waals surface area contributed by atoms with Gasteiger partial charge in [0.05, 0.1) is 17.7 Å². The molecule has 2 N–H and O–H groups in total. The molecule has 0 aliphatic carbocycles. The van der Waals surface area contributed by atoms with Crippen LogP contribution >= 0.6 is 11.3 Å². The van der Waals surface area contributed by atoms with Crippen LogP contribution in [0.15, 0.2) is 10.9 Å². The van der Waals surface area contributed by atoms with Gasteiger partial charge in [0.2, 0.25) is 0 Å². The third kappa shape index (κ3) is 3.67. The highest BCUT2D eigenvalue weighted by atomic mass is 32.1. The number of hydrogen-bond acceptors (Lipinski definition) is 5. The Morgan fingerprint density at radius 3 is 2.70 bits per heavy atom. The summed E-state index contributed by atoms with van der Waals surface area (Å²) in [6, 6.07) is -0.629. The zero-order valence-electron chi connectivity index (χ0n) is 11.3. The molecule has 1 saturated heterocycles. The highest BCUT2D eigenvalue weighted by Gasteiger charge is 2.26. The zero-order chi connectivity index (χ0) is 14.5. The summed E-state index contributed by atoms with van der Waals surface area (Å²) in [6.07, 6.45) is 0. The van der Waals surface area contributed by atoms with Gasteiger partial charge >= 0.3 is 12.0 Å².